The third kappa shape index (κ3) is 2.95. The van der Waals surface area contributed by atoms with Crippen LogP contribution >= 0.6 is 0 Å². The van der Waals surface area contributed by atoms with Crippen LogP contribution in [-0.4, -0.2) is 20.0 Å². The van der Waals surface area contributed by atoms with Crippen molar-refractivity contribution >= 4 is 5.82 Å². The molecule has 2 heterocycles. The van der Waals surface area contributed by atoms with Gasteiger partial charge in [-0.1, -0.05) is 0 Å². The highest BCUT2D eigenvalue weighted by atomic mass is 19.1. The molecule has 0 radical (unpaired) electrons. The predicted octanol–water partition coefficient (Wildman–Crippen LogP) is 2.94. The summed E-state index contributed by atoms with van der Waals surface area (Å²) < 4.78 is 14.7. The van der Waals surface area contributed by atoms with Crippen molar-refractivity contribution in [3.8, 4) is 11.3 Å². The normalized spacial score (nSPS) is 10.7. The highest BCUT2D eigenvalue weighted by Crippen LogP contribution is 2.17. The van der Waals surface area contributed by atoms with Crippen LogP contribution in [0, 0.1) is 12.7 Å². The number of hydrogen-bond acceptors (Lipinski definition) is 4. The molecule has 2 aromatic heterocycles. The van der Waals surface area contributed by atoms with Crippen LogP contribution in [0.25, 0.3) is 11.3 Å². The van der Waals surface area contributed by atoms with Gasteiger partial charge in [0.15, 0.2) is 0 Å². The molecule has 0 spiro atoms. The summed E-state index contributed by atoms with van der Waals surface area (Å²) in [5.41, 5.74) is 3.78. The minimum Gasteiger partial charge on any atom is -0.364 e. The number of aromatic nitrogens is 4. The average molecular weight is 297 g/mol. The molecule has 3 aromatic rings. The first-order valence-corrected chi connectivity index (χ1v) is 6.94. The van der Waals surface area contributed by atoms with E-state index >= 15 is 0 Å². The van der Waals surface area contributed by atoms with E-state index in [-0.39, 0.29) is 5.82 Å². The molecule has 1 N–H and O–H groups in total. The van der Waals surface area contributed by atoms with E-state index in [1.807, 2.05) is 37.0 Å². The van der Waals surface area contributed by atoms with Crippen molar-refractivity contribution in [3.05, 3.63) is 59.7 Å². The molecule has 0 saturated heterocycles. The fourth-order valence-corrected chi connectivity index (χ4v) is 2.10. The second-order valence-corrected chi connectivity index (χ2v) is 5.04. The van der Waals surface area contributed by atoms with E-state index in [9.17, 15) is 4.39 Å². The van der Waals surface area contributed by atoms with E-state index in [4.69, 9.17) is 0 Å². The predicted molar refractivity (Wildman–Crippen MR) is 82.7 cm³/mol. The lowest BCUT2D eigenvalue weighted by atomic mass is 10.1. The Morgan fingerprint density at radius 1 is 1.09 bits per heavy atom. The Kier molecular flexibility index (Phi) is 3.82. The highest BCUT2D eigenvalue weighted by Gasteiger charge is 2.05. The van der Waals surface area contributed by atoms with E-state index in [0.29, 0.717) is 18.1 Å². The van der Waals surface area contributed by atoms with Crippen LogP contribution in [0.15, 0.2) is 42.6 Å². The van der Waals surface area contributed by atoms with Gasteiger partial charge < -0.3 is 5.32 Å². The van der Waals surface area contributed by atoms with E-state index in [1.54, 1.807) is 12.1 Å². The van der Waals surface area contributed by atoms with E-state index < -0.39 is 0 Å². The van der Waals surface area contributed by atoms with Gasteiger partial charge in [0.05, 0.1) is 11.9 Å². The summed E-state index contributed by atoms with van der Waals surface area (Å²) >= 11 is 0. The van der Waals surface area contributed by atoms with Crippen molar-refractivity contribution < 1.29 is 4.39 Å². The van der Waals surface area contributed by atoms with Gasteiger partial charge in [-0.25, -0.2) is 4.39 Å². The maximum Gasteiger partial charge on any atom is 0.148 e. The van der Waals surface area contributed by atoms with Crippen molar-refractivity contribution in [3.63, 3.8) is 0 Å². The molecular weight excluding hydrogens is 281 g/mol. The Bertz CT molecular complexity index is 762. The van der Waals surface area contributed by atoms with Crippen LogP contribution in [0.5, 0.6) is 0 Å². The number of nitrogens with one attached hydrogen (secondary N) is 1. The lowest BCUT2D eigenvalue weighted by Crippen LogP contribution is -2.04. The Balaban J connectivity index is 1.69. The third-order valence-corrected chi connectivity index (χ3v) is 3.60. The van der Waals surface area contributed by atoms with E-state index in [1.165, 1.54) is 12.1 Å². The highest BCUT2D eigenvalue weighted by molar-refractivity contribution is 5.59. The van der Waals surface area contributed by atoms with Gasteiger partial charge in [0.1, 0.15) is 11.6 Å². The largest absolute Gasteiger partial charge is 0.364 e. The van der Waals surface area contributed by atoms with Gasteiger partial charge in [-0.3, -0.25) is 4.68 Å². The third-order valence-electron chi connectivity index (χ3n) is 3.60. The molecule has 6 heteroatoms. The molecule has 0 aliphatic rings. The monoisotopic (exact) mass is 297 g/mol. The summed E-state index contributed by atoms with van der Waals surface area (Å²) in [6.45, 7) is 2.66. The molecule has 0 amide bonds. The van der Waals surface area contributed by atoms with E-state index in [2.05, 4.69) is 20.6 Å². The maximum absolute atomic E-state index is 12.9. The smallest absolute Gasteiger partial charge is 0.148 e. The summed E-state index contributed by atoms with van der Waals surface area (Å²) in [5.74, 6) is 0.427. The van der Waals surface area contributed by atoms with Gasteiger partial charge in [0.25, 0.3) is 0 Å². The van der Waals surface area contributed by atoms with Gasteiger partial charge in [-0.05, 0) is 43.3 Å². The molecule has 0 aliphatic carbocycles. The Morgan fingerprint density at radius 3 is 2.45 bits per heavy atom. The second kappa shape index (κ2) is 5.93. The van der Waals surface area contributed by atoms with Crippen molar-refractivity contribution in [1.29, 1.82) is 0 Å². The molecule has 0 aliphatic heterocycles. The SMILES string of the molecule is Cc1c(CNc2ccc(-c3ccc(F)cc3)nn2)cnn1C. The van der Waals surface area contributed by atoms with Crippen LogP contribution in [0.4, 0.5) is 10.2 Å². The van der Waals surface area contributed by atoms with Crippen LogP contribution in [0.1, 0.15) is 11.3 Å². The molecular formula is C16H16FN5. The maximum atomic E-state index is 12.9. The van der Waals surface area contributed by atoms with Gasteiger partial charge in [0, 0.05) is 30.4 Å². The first-order chi connectivity index (χ1) is 10.6. The fourth-order valence-electron chi connectivity index (χ4n) is 2.10. The lowest BCUT2D eigenvalue weighted by Gasteiger charge is -2.06. The standard InChI is InChI=1S/C16H16FN5/c1-11-13(10-19-22(11)2)9-18-16-8-7-15(20-21-16)12-3-5-14(17)6-4-12/h3-8,10H,9H2,1-2H3,(H,18,21). The second-order valence-electron chi connectivity index (χ2n) is 5.04. The zero-order valence-electron chi connectivity index (χ0n) is 12.4. The Hall–Kier alpha value is -2.76. The number of nitrogens with zero attached hydrogens (tertiary/aromatic N) is 4. The molecule has 22 heavy (non-hydrogen) atoms. The first kappa shape index (κ1) is 14.2. The average Bonchev–Trinajstić information content (AvgIpc) is 2.86. The van der Waals surface area contributed by atoms with Crippen LogP contribution < -0.4 is 5.32 Å². The summed E-state index contributed by atoms with van der Waals surface area (Å²) in [6, 6.07) is 9.91. The topological polar surface area (TPSA) is 55.6 Å². The van der Waals surface area contributed by atoms with Gasteiger partial charge >= 0.3 is 0 Å². The lowest BCUT2D eigenvalue weighted by molar-refractivity contribution is 0.628. The summed E-state index contributed by atoms with van der Waals surface area (Å²) in [7, 11) is 1.91. The molecule has 0 fully saturated rings. The fraction of sp³-hybridized carbons (Fsp3) is 0.188. The van der Waals surface area contributed by atoms with E-state index in [0.717, 1.165) is 16.8 Å². The van der Waals surface area contributed by atoms with Crippen molar-refractivity contribution in [1.82, 2.24) is 20.0 Å². The Labute approximate surface area is 127 Å². The van der Waals surface area contributed by atoms with Crippen LogP contribution in [0.2, 0.25) is 0 Å². The minimum atomic E-state index is -0.262. The minimum absolute atomic E-state index is 0.262. The van der Waals surface area contributed by atoms with Gasteiger partial charge in [-0.15, -0.1) is 10.2 Å². The van der Waals surface area contributed by atoms with Crippen molar-refractivity contribution in [2.24, 2.45) is 7.05 Å². The zero-order valence-corrected chi connectivity index (χ0v) is 12.4. The number of halogens is 1. The summed E-state index contributed by atoms with van der Waals surface area (Å²) in [6.07, 6.45) is 1.84. The number of anilines is 1. The van der Waals surface area contributed by atoms with Gasteiger partial charge in [-0.2, -0.15) is 5.10 Å². The molecule has 0 unspecified atom stereocenters. The van der Waals surface area contributed by atoms with Gasteiger partial charge in [0.2, 0.25) is 0 Å². The molecule has 0 bridgehead atoms. The molecule has 3 rings (SSSR count). The molecule has 0 atom stereocenters. The Morgan fingerprint density at radius 2 is 1.86 bits per heavy atom. The molecule has 0 saturated carbocycles. The van der Waals surface area contributed by atoms with Crippen LogP contribution in [0.3, 0.4) is 0 Å². The summed E-state index contributed by atoms with van der Waals surface area (Å²) in [5, 5.41) is 15.7. The van der Waals surface area contributed by atoms with Crippen LogP contribution in [-0.2, 0) is 13.6 Å². The number of hydrogen-bond donors (Lipinski definition) is 1. The zero-order chi connectivity index (χ0) is 15.5. The first-order valence-electron chi connectivity index (χ1n) is 6.94. The molecule has 112 valence electrons. The number of benzene rings is 1. The summed E-state index contributed by atoms with van der Waals surface area (Å²) in [4.78, 5) is 0. The number of aryl methyl sites for hydroxylation is 1. The van der Waals surface area contributed by atoms with Crippen molar-refractivity contribution in [2.45, 2.75) is 13.5 Å². The number of rotatable bonds is 4. The van der Waals surface area contributed by atoms with Crippen molar-refractivity contribution in [2.75, 3.05) is 5.32 Å². The quantitative estimate of drug-likeness (QED) is 0.804. The molecule has 5 nitrogen and oxygen atoms in total. The molecule has 1 aromatic carbocycles.